The quantitative estimate of drug-likeness (QED) is 0.741. The van der Waals surface area contributed by atoms with Crippen LogP contribution in [0.4, 0.5) is 0 Å². The van der Waals surface area contributed by atoms with E-state index in [1.807, 2.05) is 20.8 Å². The molecule has 0 unspecified atom stereocenters. The van der Waals surface area contributed by atoms with Crippen LogP contribution in [0.5, 0.6) is 0 Å². The number of hydrogen-bond donors (Lipinski definition) is 0. The molecule has 0 atom stereocenters. The van der Waals surface area contributed by atoms with E-state index in [0.29, 0.717) is 0 Å². The summed E-state index contributed by atoms with van der Waals surface area (Å²) in [5.41, 5.74) is -0.389. The van der Waals surface area contributed by atoms with Gasteiger partial charge in [-0.1, -0.05) is 38.8 Å². The van der Waals surface area contributed by atoms with E-state index in [2.05, 4.69) is 31.9 Å². The van der Waals surface area contributed by atoms with Crippen LogP contribution in [-0.4, -0.2) is 12.6 Å². The van der Waals surface area contributed by atoms with Crippen LogP contribution in [0.25, 0.3) is 0 Å². The fourth-order valence-corrected chi connectivity index (χ4v) is 0.752. The minimum absolute atomic E-state index is 0.165. The van der Waals surface area contributed by atoms with Crippen molar-refractivity contribution in [1.29, 1.82) is 0 Å². The molecule has 4 heteroatoms. The van der Waals surface area contributed by atoms with Crippen LogP contribution in [0.3, 0.4) is 0 Å². The van der Waals surface area contributed by atoms with E-state index in [1.165, 1.54) is 0 Å². The zero-order valence-corrected chi connectivity index (χ0v) is 11.2. The Balaban J connectivity index is 4.02. The minimum atomic E-state index is -0.389. The Kier molecular flexibility index (Phi) is 5.88. The Hall–Kier alpha value is 0.170. The van der Waals surface area contributed by atoms with Gasteiger partial charge in [0.05, 0.1) is 5.41 Å². The molecule has 76 valence electrons. The molecule has 0 aromatic carbocycles. The molecular weight excluding hydrogens is 300 g/mol. The summed E-state index contributed by atoms with van der Waals surface area (Å²) < 4.78 is 5.88. The van der Waals surface area contributed by atoms with Crippen LogP contribution in [0.15, 0.2) is 9.47 Å². The molecule has 0 aliphatic heterocycles. The number of ether oxygens (including phenoxy) is 1. The van der Waals surface area contributed by atoms with Crippen LogP contribution in [0, 0.1) is 5.41 Å². The molecule has 0 saturated carbocycles. The zero-order valence-electron chi connectivity index (χ0n) is 8.06. The summed E-state index contributed by atoms with van der Waals surface area (Å²) in [5, 5.41) is 0. The Bertz CT molecular complexity index is 210. The van der Waals surface area contributed by atoms with Crippen LogP contribution in [0.2, 0.25) is 0 Å². The van der Waals surface area contributed by atoms with Gasteiger partial charge in [0.15, 0.2) is 0 Å². The van der Waals surface area contributed by atoms with E-state index in [0.717, 1.165) is 10.9 Å². The zero-order chi connectivity index (χ0) is 10.5. The standard InChI is InChI=1S/C9H14Br2O2/c1-4-9(2,3)8(12)13-6-7(11)5-10/h5H,4,6H2,1-3H3. The van der Waals surface area contributed by atoms with Gasteiger partial charge < -0.3 is 4.74 Å². The van der Waals surface area contributed by atoms with E-state index >= 15 is 0 Å². The molecule has 0 aliphatic rings. The fourth-order valence-electron chi connectivity index (χ4n) is 0.506. The number of halogens is 2. The van der Waals surface area contributed by atoms with Gasteiger partial charge in [0.25, 0.3) is 0 Å². The molecule has 0 aromatic rings. The van der Waals surface area contributed by atoms with Crippen molar-refractivity contribution in [3.8, 4) is 0 Å². The van der Waals surface area contributed by atoms with Gasteiger partial charge in [-0.3, -0.25) is 4.79 Å². The predicted molar refractivity (Wildman–Crippen MR) is 61.0 cm³/mol. The van der Waals surface area contributed by atoms with Crippen LogP contribution < -0.4 is 0 Å². The Morgan fingerprint density at radius 1 is 1.54 bits per heavy atom. The first-order valence-electron chi connectivity index (χ1n) is 4.06. The third-order valence-electron chi connectivity index (χ3n) is 1.90. The normalized spacial score (nSPS) is 12.8. The first kappa shape index (κ1) is 13.2. The second-order valence-electron chi connectivity index (χ2n) is 3.37. The molecule has 2 nitrogen and oxygen atoms in total. The van der Waals surface area contributed by atoms with E-state index in [4.69, 9.17) is 4.74 Å². The monoisotopic (exact) mass is 312 g/mol. The van der Waals surface area contributed by atoms with Crippen molar-refractivity contribution in [3.05, 3.63) is 9.47 Å². The Morgan fingerprint density at radius 3 is 2.46 bits per heavy atom. The first-order chi connectivity index (χ1) is 5.94. The van der Waals surface area contributed by atoms with Gasteiger partial charge in [-0.15, -0.1) is 0 Å². The largest absolute Gasteiger partial charge is 0.460 e. The van der Waals surface area contributed by atoms with Crippen molar-refractivity contribution in [1.82, 2.24) is 0 Å². The van der Waals surface area contributed by atoms with E-state index in [9.17, 15) is 4.79 Å². The van der Waals surface area contributed by atoms with Crippen molar-refractivity contribution < 1.29 is 9.53 Å². The van der Waals surface area contributed by atoms with Crippen LogP contribution >= 0.6 is 31.9 Å². The van der Waals surface area contributed by atoms with E-state index in [-0.39, 0.29) is 18.0 Å². The van der Waals surface area contributed by atoms with Gasteiger partial charge in [-0.2, -0.15) is 0 Å². The number of carbonyl (C=O) groups excluding carboxylic acids is 1. The molecule has 0 heterocycles. The lowest BCUT2D eigenvalue weighted by Crippen LogP contribution is -2.26. The fraction of sp³-hybridized carbons (Fsp3) is 0.667. The number of carbonyl (C=O) groups is 1. The molecule has 0 N–H and O–H groups in total. The maximum Gasteiger partial charge on any atom is 0.311 e. The average molecular weight is 314 g/mol. The minimum Gasteiger partial charge on any atom is -0.460 e. The molecule has 0 fully saturated rings. The van der Waals surface area contributed by atoms with Gasteiger partial charge in [0, 0.05) is 4.48 Å². The van der Waals surface area contributed by atoms with Crippen molar-refractivity contribution >= 4 is 37.8 Å². The number of rotatable bonds is 4. The highest BCUT2D eigenvalue weighted by molar-refractivity contribution is 9.14. The highest BCUT2D eigenvalue weighted by Crippen LogP contribution is 2.22. The topological polar surface area (TPSA) is 26.3 Å². The maximum absolute atomic E-state index is 11.4. The lowest BCUT2D eigenvalue weighted by atomic mass is 9.91. The third-order valence-corrected chi connectivity index (χ3v) is 3.52. The highest BCUT2D eigenvalue weighted by Gasteiger charge is 2.26. The maximum atomic E-state index is 11.4. The Morgan fingerprint density at radius 2 is 2.08 bits per heavy atom. The van der Waals surface area contributed by atoms with Crippen LogP contribution in [-0.2, 0) is 9.53 Å². The van der Waals surface area contributed by atoms with Gasteiger partial charge in [-0.05, 0) is 25.3 Å². The molecule has 0 rings (SSSR count). The van der Waals surface area contributed by atoms with Crippen molar-refractivity contribution in [2.45, 2.75) is 27.2 Å². The second kappa shape index (κ2) is 5.81. The summed E-state index contributed by atoms with van der Waals surface area (Å²) in [6, 6.07) is 0. The van der Waals surface area contributed by atoms with Gasteiger partial charge >= 0.3 is 5.97 Å². The SMILES string of the molecule is CCC(C)(C)C(=O)OCC(Br)=CBr. The third kappa shape index (κ3) is 4.81. The summed E-state index contributed by atoms with van der Waals surface area (Å²) in [5.74, 6) is -0.165. The van der Waals surface area contributed by atoms with Gasteiger partial charge in [0.2, 0.25) is 0 Å². The first-order valence-corrected chi connectivity index (χ1v) is 5.77. The Labute approximate surface area is 96.0 Å². The van der Waals surface area contributed by atoms with Gasteiger partial charge in [-0.25, -0.2) is 0 Å². The highest BCUT2D eigenvalue weighted by atomic mass is 79.9. The van der Waals surface area contributed by atoms with Gasteiger partial charge in [0.1, 0.15) is 6.61 Å². The molecule has 0 bridgehead atoms. The molecule has 0 aliphatic carbocycles. The predicted octanol–water partition coefficient (Wildman–Crippen LogP) is 3.60. The van der Waals surface area contributed by atoms with Crippen molar-refractivity contribution in [2.75, 3.05) is 6.61 Å². The number of esters is 1. The van der Waals surface area contributed by atoms with Crippen LogP contribution in [0.1, 0.15) is 27.2 Å². The summed E-state index contributed by atoms with van der Waals surface area (Å²) in [4.78, 5) is 13.1. The second-order valence-corrected chi connectivity index (χ2v) is 4.85. The van der Waals surface area contributed by atoms with Crippen molar-refractivity contribution in [3.63, 3.8) is 0 Å². The summed E-state index contributed by atoms with van der Waals surface area (Å²) in [6.07, 6.45) is 0.779. The molecule has 0 spiro atoms. The summed E-state index contributed by atoms with van der Waals surface area (Å²) in [6.45, 7) is 6.01. The molecule has 0 amide bonds. The summed E-state index contributed by atoms with van der Waals surface area (Å²) in [7, 11) is 0. The molecule has 0 saturated heterocycles. The van der Waals surface area contributed by atoms with E-state index in [1.54, 1.807) is 4.99 Å². The smallest absolute Gasteiger partial charge is 0.311 e. The molecule has 13 heavy (non-hydrogen) atoms. The lowest BCUT2D eigenvalue weighted by Gasteiger charge is -2.19. The summed E-state index contributed by atoms with van der Waals surface area (Å²) >= 11 is 6.36. The number of hydrogen-bond acceptors (Lipinski definition) is 2. The van der Waals surface area contributed by atoms with E-state index < -0.39 is 0 Å². The molecule has 0 radical (unpaired) electrons. The van der Waals surface area contributed by atoms with Crippen molar-refractivity contribution in [2.24, 2.45) is 5.41 Å². The lowest BCUT2D eigenvalue weighted by molar-refractivity contribution is -0.152. The molecular formula is C9H14Br2O2. The molecule has 0 aromatic heterocycles. The average Bonchev–Trinajstić information content (AvgIpc) is 2.13.